The first-order chi connectivity index (χ1) is 11.2. The van der Waals surface area contributed by atoms with Crippen LogP contribution in [0.1, 0.15) is 5.56 Å². The summed E-state index contributed by atoms with van der Waals surface area (Å²) in [6.07, 6.45) is -6.51. The third-order valence-electron chi connectivity index (χ3n) is 4.06. The molecule has 2 heterocycles. The van der Waals surface area contributed by atoms with Gasteiger partial charge in [-0.15, -0.1) is 0 Å². The Morgan fingerprint density at radius 2 is 1.96 bits per heavy atom. The van der Waals surface area contributed by atoms with Gasteiger partial charge in [-0.25, -0.2) is 4.79 Å². The Morgan fingerprint density at radius 1 is 1.29 bits per heavy atom. The number of carbonyl (C=O) groups is 1. The van der Waals surface area contributed by atoms with Crippen LogP contribution in [-0.4, -0.2) is 60.9 Å². The minimum atomic E-state index is -2.59. The van der Waals surface area contributed by atoms with Crippen LogP contribution in [0, 0.1) is 0 Å². The van der Waals surface area contributed by atoms with Gasteiger partial charge in [0.05, 0.1) is 5.02 Å². The molecule has 5 atom stereocenters. The molecule has 1 aliphatic rings. The second kappa shape index (κ2) is 5.95. The lowest BCUT2D eigenvalue weighted by Gasteiger charge is -2.44. The number of rotatable bonds is 2. The number of ether oxygens (including phenoxy) is 1. The molecule has 1 saturated heterocycles. The molecule has 0 amide bonds. The molecule has 10 heteroatoms. The van der Waals surface area contributed by atoms with Gasteiger partial charge in [0.1, 0.15) is 18.3 Å². The number of fused-ring (bicyclic) bond motifs is 1. The molecule has 6 N–H and O–H groups in total. The van der Waals surface area contributed by atoms with Crippen molar-refractivity contribution in [2.75, 3.05) is 0 Å². The van der Waals surface area contributed by atoms with Crippen LogP contribution in [0.2, 0.25) is 5.02 Å². The molecule has 1 aromatic carbocycles. The van der Waals surface area contributed by atoms with Crippen molar-refractivity contribution in [1.82, 2.24) is 4.98 Å². The number of hydrogen-bond donors (Lipinski definition) is 6. The fraction of sp³-hybridized carbons (Fsp3) is 0.357. The third kappa shape index (κ3) is 2.44. The van der Waals surface area contributed by atoms with E-state index >= 15 is 0 Å². The fourth-order valence-electron chi connectivity index (χ4n) is 2.79. The van der Waals surface area contributed by atoms with Gasteiger partial charge in [0, 0.05) is 27.1 Å². The number of H-pyrrole nitrogens is 1. The predicted molar refractivity (Wildman–Crippen MR) is 85.4 cm³/mol. The zero-order chi connectivity index (χ0) is 17.8. The highest BCUT2D eigenvalue weighted by Crippen LogP contribution is 2.43. The number of aliphatic hydroxyl groups is 4. The van der Waals surface area contributed by atoms with Crippen LogP contribution in [-0.2, 0) is 15.3 Å². The lowest BCUT2D eigenvalue weighted by atomic mass is 9.88. The predicted octanol–water partition coefficient (Wildman–Crippen LogP) is 0.295. The topological polar surface area (TPSA) is 143 Å². The Hall–Kier alpha value is -1.20. The highest BCUT2D eigenvalue weighted by Gasteiger charge is 2.56. The van der Waals surface area contributed by atoms with Gasteiger partial charge < -0.3 is 35.3 Å². The van der Waals surface area contributed by atoms with Crippen molar-refractivity contribution in [2.45, 2.75) is 30.2 Å². The van der Waals surface area contributed by atoms with Crippen molar-refractivity contribution in [3.8, 4) is 0 Å². The summed E-state index contributed by atoms with van der Waals surface area (Å²) in [5, 5.41) is 50.3. The van der Waals surface area contributed by atoms with E-state index in [-0.39, 0.29) is 16.0 Å². The lowest BCUT2D eigenvalue weighted by Crippen LogP contribution is -2.64. The summed E-state index contributed by atoms with van der Waals surface area (Å²) in [5.41, 5.74) is 0.434. The van der Waals surface area contributed by atoms with Crippen LogP contribution in [0.15, 0.2) is 22.8 Å². The average molecular weight is 423 g/mol. The first-order valence-electron chi connectivity index (χ1n) is 6.81. The molecule has 0 spiro atoms. The number of aromatic nitrogens is 1. The molecule has 0 radical (unpaired) electrons. The van der Waals surface area contributed by atoms with Gasteiger partial charge in [-0.2, -0.15) is 0 Å². The van der Waals surface area contributed by atoms with Crippen molar-refractivity contribution in [2.24, 2.45) is 0 Å². The second-order valence-electron chi connectivity index (χ2n) is 5.49. The van der Waals surface area contributed by atoms with E-state index in [0.717, 1.165) is 0 Å². The molecule has 8 nitrogen and oxygen atoms in total. The quantitative estimate of drug-likeness (QED) is 0.408. The van der Waals surface area contributed by atoms with Gasteiger partial charge in [0.25, 0.3) is 0 Å². The number of aliphatic carboxylic acids is 1. The minimum Gasteiger partial charge on any atom is -0.479 e. The number of nitrogens with one attached hydrogen (secondary N) is 1. The van der Waals surface area contributed by atoms with Crippen LogP contribution in [0.3, 0.4) is 0 Å². The number of carboxylic acids is 1. The molecule has 130 valence electrons. The van der Waals surface area contributed by atoms with Crippen LogP contribution in [0.5, 0.6) is 0 Å². The minimum absolute atomic E-state index is 0.0616. The molecule has 0 aliphatic carbocycles. The van der Waals surface area contributed by atoms with E-state index in [4.69, 9.17) is 21.4 Å². The van der Waals surface area contributed by atoms with Crippen molar-refractivity contribution >= 4 is 44.4 Å². The highest BCUT2D eigenvalue weighted by atomic mass is 79.9. The zero-order valence-electron chi connectivity index (χ0n) is 11.8. The van der Waals surface area contributed by atoms with Crippen LogP contribution in [0.25, 0.3) is 10.9 Å². The molecule has 0 saturated carbocycles. The van der Waals surface area contributed by atoms with E-state index < -0.39 is 36.2 Å². The van der Waals surface area contributed by atoms with Crippen molar-refractivity contribution in [3.63, 3.8) is 0 Å². The van der Waals surface area contributed by atoms with Gasteiger partial charge in [-0.05, 0) is 28.1 Å². The summed E-state index contributed by atoms with van der Waals surface area (Å²) < 4.78 is 5.58. The molecule has 0 bridgehead atoms. The number of aliphatic hydroxyl groups excluding tert-OH is 3. The highest BCUT2D eigenvalue weighted by molar-refractivity contribution is 9.10. The van der Waals surface area contributed by atoms with E-state index in [1.165, 1.54) is 6.20 Å². The number of hydrogen-bond acceptors (Lipinski definition) is 6. The van der Waals surface area contributed by atoms with Gasteiger partial charge in [-0.3, -0.25) is 0 Å². The Morgan fingerprint density at radius 3 is 2.58 bits per heavy atom. The van der Waals surface area contributed by atoms with Gasteiger partial charge in [-0.1, -0.05) is 11.6 Å². The van der Waals surface area contributed by atoms with Crippen molar-refractivity contribution < 1.29 is 35.1 Å². The number of benzene rings is 1. The van der Waals surface area contributed by atoms with Crippen molar-refractivity contribution in [3.05, 3.63) is 33.4 Å². The lowest BCUT2D eigenvalue weighted by molar-refractivity contribution is -0.349. The molecule has 1 fully saturated rings. The Bertz CT molecular complexity index is 812. The molecule has 2 aromatic rings. The van der Waals surface area contributed by atoms with E-state index in [9.17, 15) is 25.2 Å². The molecule has 3 rings (SSSR count). The zero-order valence-corrected chi connectivity index (χ0v) is 14.2. The van der Waals surface area contributed by atoms with Gasteiger partial charge in [0.2, 0.25) is 5.79 Å². The Labute approximate surface area is 148 Å². The molecule has 1 aliphatic heterocycles. The standard InChI is InChI=1S/C14H13BrClNO7/c15-5-1-2-6-7(8(5)16)4(3-17-6)14(23)12(20)10(19)9(18)11(24-14)13(21)22/h1-3,9-12,17-20,23H,(H,21,22)/t9-,10-,11-,12+,14+/m0/s1. The summed E-state index contributed by atoms with van der Waals surface area (Å²) in [6.45, 7) is 0. The third-order valence-corrected chi connectivity index (χ3v) is 5.34. The largest absolute Gasteiger partial charge is 0.479 e. The monoisotopic (exact) mass is 421 g/mol. The first kappa shape index (κ1) is 17.6. The second-order valence-corrected chi connectivity index (χ2v) is 6.72. The molecular formula is C14H13BrClNO7. The molecule has 1 aromatic heterocycles. The molecule has 0 unspecified atom stereocenters. The molecular weight excluding hydrogens is 410 g/mol. The summed E-state index contributed by atoms with van der Waals surface area (Å²) in [4.78, 5) is 14.1. The molecule has 24 heavy (non-hydrogen) atoms. The smallest absolute Gasteiger partial charge is 0.335 e. The maximum atomic E-state index is 11.2. The van der Waals surface area contributed by atoms with E-state index in [1.807, 2.05) is 0 Å². The van der Waals surface area contributed by atoms with E-state index in [1.54, 1.807) is 12.1 Å². The van der Waals surface area contributed by atoms with Crippen LogP contribution < -0.4 is 0 Å². The Kier molecular flexibility index (Phi) is 4.37. The maximum Gasteiger partial charge on any atom is 0.335 e. The van der Waals surface area contributed by atoms with Crippen LogP contribution in [0.4, 0.5) is 0 Å². The Balaban J connectivity index is 2.19. The fourth-order valence-corrected chi connectivity index (χ4v) is 3.39. The summed E-state index contributed by atoms with van der Waals surface area (Å²) in [6, 6.07) is 3.30. The SMILES string of the molecule is O=C(O)[C@H]1O[C@](O)(c2c[nH]c3ccc(Br)c(Cl)c23)[C@H](O)[C@@H](O)[C@@H]1O. The first-order valence-corrected chi connectivity index (χ1v) is 7.98. The van der Waals surface area contributed by atoms with E-state index in [0.29, 0.717) is 9.99 Å². The summed E-state index contributed by atoms with van der Waals surface area (Å²) in [5.74, 6) is -4.19. The number of carboxylic acid groups (broad SMARTS) is 1. The van der Waals surface area contributed by atoms with E-state index in [2.05, 4.69) is 20.9 Å². The van der Waals surface area contributed by atoms with Crippen molar-refractivity contribution in [1.29, 1.82) is 0 Å². The normalized spacial score (nSPS) is 33.8. The average Bonchev–Trinajstić information content (AvgIpc) is 2.97. The number of aromatic amines is 1. The van der Waals surface area contributed by atoms with Gasteiger partial charge >= 0.3 is 5.97 Å². The summed E-state index contributed by atoms with van der Waals surface area (Å²) >= 11 is 9.46. The van der Waals surface area contributed by atoms with Gasteiger partial charge in [0.15, 0.2) is 6.10 Å². The number of halogens is 2. The van der Waals surface area contributed by atoms with Crippen LogP contribution >= 0.6 is 27.5 Å². The summed E-state index contributed by atoms with van der Waals surface area (Å²) in [7, 11) is 0. The maximum absolute atomic E-state index is 11.2.